The van der Waals surface area contributed by atoms with Crippen molar-refractivity contribution in [1.29, 1.82) is 0 Å². The molecule has 0 bridgehead atoms. The minimum Gasteiger partial charge on any atom is -0.488 e. The van der Waals surface area contributed by atoms with E-state index >= 15 is 0 Å². The van der Waals surface area contributed by atoms with Crippen LogP contribution < -0.4 is 15.0 Å². The molecule has 1 atom stereocenters. The lowest BCUT2D eigenvalue weighted by molar-refractivity contribution is -0.871. The molecule has 0 saturated carbocycles. The normalized spacial score (nSPS) is 11.5. The molecule has 0 radical (unpaired) electrons. The Bertz CT molecular complexity index is 702. The number of quaternary nitrogens is 1. The zero-order valence-corrected chi connectivity index (χ0v) is 15.2. The van der Waals surface area contributed by atoms with E-state index in [4.69, 9.17) is 4.74 Å². The molecule has 1 amide bonds. The molecule has 0 aliphatic heterocycles. The summed E-state index contributed by atoms with van der Waals surface area (Å²) in [5.74, 6) is 0.433. The number of esters is 1. The molecule has 6 nitrogen and oxygen atoms in total. The van der Waals surface area contributed by atoms with E-state index in [-0.39, 0.29) is 11.9 Å². The quantitative estimate of drug-likeness (QED) is 0.648. The van der Waals surface area contributed by atoms with Gasteiger partial charge in [-0.2, -0.15) is 0 Å². The van der Waals surface area contributed by atoms with E-state index in [2.05, 4.69) is 10.1 Å². The van der Waals surface area contributed by atoms with Gasteiger partial charge in [0.2, 0.25) is 0 Å². The molecule has 2 aromatic carbocycles. The second kappa shape index (κ2) is 10.2. The van der Waals surface area contributed by atoms with Crippen LogP contribution in [0.4, 0.5) is 0 Å². The standard InChI is InChI=1S/C20H24N2O4/c1-22(12-13-26-18-6-4-3-5-7-18)15-19(23)21-14-16-8-10-17(11-9-16)20(24)25-2/h3-11H,12-15H2,1-2H3,(H,21,23)/p+1. The van der Waals surface area contributed by atoms with E-state index in [1.165, 1.54) is 7.11 Å². The van der Waals surface area contributed by atoms with Crippen LogP contribution in [0.2, 0.25) is 0 Å². The van der Waals surface area contributed by atoms with Crippen molar-refractivity contribution in [3.63, 3.8) is 0 Å². The molecule has 0 spiro atoms. The van der Waals surface area contributed by atoms with E-state index < -0.39 is 0 Å². The van der Waals surface area contributed by atoms with Crippen LogP contribution >= 0.6 is 0 Å². The molecule has 0 aliphatic carbocycles. The van der Waals surface area contributed by atoms with Gasteiger partial charge in [-0.3, -0.25) is 4.79 Å². The van der Waals surface area contributed by atoms with Crippen molar-refractivity contribution >= 4 is 11.9 Å². The fourth-order valence-corrected chi connectivity index (χ4v) is 2.36. The van der Waals surface area contributed by atoms with Crippen LogP contribution in [-0.4, -0.2) is 45.7 Å². The highest BCUT2D eigenvalue weighted by atomic mass is 16.5. The van der Waals surface area contributed by atoms with Gasteiger partial charge >= 0.3 is 5.97 Å². The average Bonchev–Trinajstić information content (AvgIpc) is 2.67. The summed E-state index contributed by atoms with van der Waals surface area (Å²) in [6.45, 7) is 2.08. The van der Waals surface area contributed by atoms with Gasteiger partial charge in [-0.1, -0.05) is 30.3 Å². The zero-order valence-electron chi connectivity index (χ0n) is 15.2. The van der Waals surface area contributed by atoms with Crippen LogP contribution in [0.3, 0.4) is 0 Å². The Hall–Kier alpha value is -2.86. The van der Waals surface area contributed by atoms with Crippen LogP contribution in [0, 0.1) is 0 Å². The molecule has 6 heteroatoms. The van der Waals surface area contributed by atoms with Crippen molar-refractivity contribution in [1.82, 2.24) is 5.32 Å². The lowest BCUT2D eigenvalue weighted by Crippen LogP contribution is -3.10. The second-order valence-corrected chi connectivity index (χ2v) is 6.01. The van der Waals surface area contributed by atoms with Crippen molar-refractivity contribution in [2.75, 3.05) is 33.9 Å². The lowest BCUT2D eigenvalue weighted by atomic mass is 10.1. The van der Waals surface area contributed by atoms with E-state index in [0.29, 0.717) is 25.3 Å². The number of nitrogens with one attached hydrogen (secondary N) is 2. The average molecular weight is 357 g/mol. The third kappa shape index (κ3) is 6.57. The topological polar surface area (TPSA) is 69.1 Å². The van der Waals surface area contributed by atoms with Crippen LogP contribution in [0.5, 0.6) is 5.75 Å². The highest BCUT2D eigenvalue weighted by Crippen LogP contribution is 2.07. The van der Waals surface area contributed by atoms with Crippen LogP contribution in [-0.2, 0) is 16.1 Å². The summed E-state index contributed by atoms with van der Waals surface area (Å²) in [5.41, 5.74) is 1.42. The van der Waals surface area contributed by atoms with Gasteiger partial charge in [0.15, 0.2) is 6.54 Å². The molecule has 2 rings (SSSR count). The van der Waals surface area contributed by atoms with Gasteiger partial charge in [0, 0.05) is 6.54 Å². The molecule has 26 heavy (non-hydrogen) atoms. The second-order valence-electron chi connectivity index (χ2n) is 6.01. The van der Waals surface area contributed by atoms with Crippen LogP contribution in [0.25, 0.3) is 0 Å². The predicted molar refractivity (Wildman–Crippen MR) is 98.2 cm³/mol. The molecule has 1 unspecified atom stereocenters. The number of hydrogen-bond acceptors (Lipinski definition) is 4. The molecular weight excluding hydrogens is 332 g/mol. The Morgan fingerprint density at radius 1 is 1.04 bits per heavy atom. The number of carbonyl (C=O) groups is 2. The summed E-state index contributed by atoms with van der Waals surface area (Å²) >= 11 is 0. The summed E-state index contributed by atoms with van der Waals surface area (Å²) in [4.78, 5) is 24.5. The Morgan fingerprint density at radius 3 is 2.38 bits per heavy atom. The van der Waals surface area contributed by atoms with Crippen molar-refractivity contribution in [3.8, 4) is 5.75 Å². The van der Waals surface area contributed by atoms with Gasteiger partial charge in [-0.25, -0.2) is 4.79 Å². The van der Waals surface area contributed by atoms with Gasteiger partial charge in [0.05, 0.1) is 19.7 Å². The first-order chi connectivity index (χ1) is 12.6. The lowest BCUT2D eigenvalue weighted by Gasteiger charge is -2.14. The summed E-state index contributed by atoms with van der Waals surface area (Å²) in [7, 11) is 3.30. The molecule has 2 N–H and O–H groups in total. The van der Waals surface area contributed by atoms with Gasteiger partial charge < -0.3 is 19.7 Å². The zero-order chi connectivity index (χ0) is 18.8. The van der Waals surface area contributed by atoms with Gasteiger partial charge in [0.25, 0.3) is 5.91 Å². The number of para-hydroxylation sites is 1. The summed E-state index contributed by atoms with van der Waals surface area (Å²) in [6.07, 6.45) is 0. The maximum atomic E-state index is 12.0. The molecule has 0 heterocycles. The van der Waals surface area contributed by atoms with Crippen LogP contribution in [0.15, 0.2) is 54.6 Å². The van der Waals surface area contributed by atoms with Gasteiger partial charge in [0.1, 0.15) is 18.9 Å². The largest absolute Gasteiger partial charge is 0.488 e. The molecule has 0 saturated heterocycles. The molecule has 0 fully saturated rings. The maximum absolute atomic E-state index is 12.0. The highest BCUT2D eigenvalue weighted by Gasteiger charge is 2.10. The van der Waals surface area contributed by atoms with E-state index in [9.17, 15) is 9.59 Å². The number of hydrogen-bond donors (Lipinski definition) is 2. The molecule has 0 aliphatic rings. The predicted octanol–water partition coefficient (Wildman–Crippen LogP) is 0.683. The third-order valence-corrected chi connectivity index (χ3v) is 3.87. The molecule has 2 aromatic rings. The van der Waals surface area contributed by atoms with Crippen LogP contribution in [0.1, 0.15) is 15.9 Å². The number of ether oxygens (including phenoxy) is 2. The van der Waals surface area contributed by atoms with Crippen molar-refractivity contribution < 1.29 is 24.0 Å². The summed E-state index contributed by atoms with van der Waals surface area (Å²) < 4.78 is 10.3. The monoisotopic (exact) mass is 357 g/mol. The van der Waals surface area contributed by atoms with Crippen molar-refractivity contribution in [2.45, 2.75) is 6.54 Å². The van der Waals surface area contributed by atoms with Crippen molar-refractivity contribution in [3.05, 3.63) is 65.7 Å². The van der Waals surface area contributed by atoms with Gasteiger partial charge in [-0.15, -0.1) is 0 Å². The molecule has 138 valence electrons. The number of amides is 1. The Kier molecular flexibility index (Phi) is 7.64. The fraction of sp³-hybridized carbons (Fsp3) is 0.300. The first-order valence-electron chi connectivity index (χ1n) is 8.51. The summed E-state index contributed by atoms with van der Waals surface area (Å²) in [5, 5.41) is 2.88. The molecular formula is C20H25N2O4+. The number of rotatable bonds is 9. The Balaban J connectivity index is 1.66. The first kappa shape index (κ1) is 19.5. The van der Waals surface area contributed by atoms with Crippen molar-refractivity contribution in [2.24, 2.45) is 0 Å². The smallest absolute Gasteiger partial charge is 0.337 e. The first-order valence-corrected chi connectivity index (χ1v) is 8.51. The van der Waals surface area contributed by atoms with E-state index in [0.717, 1.165) is 22.8 Å². The van der Waals surface area contributed by atoms with E-state index in [1.54, 1.807) is 24.3 Å². The Labute approximate surface area is 153 Å². The van der Waals surface area contributed by atoms with E-state index in [1.807, 2.05) is 37.4 Å². The SMILES string of the molecule is COC(=O)c1ccc(CNC(=O)C[NH+](C)CCOc2ccccc2)cc1. The highest BCUT2D eigenvalue weighted by molar-refractivity contribution is 5.89. The Morgan fingerprint density at radius 2 is 1.73 bits per heavy atom. The number of methoxy groups -OCH3 is 1. The molecule has 0 aromatic heterocycles. The third-order valence-electron chi connectivity index (χ3n) is 3.87. The summed E-state index contributed by atoms with van der Waals surface area (Å²) in [6, 6.07) is 16.6. The maximum Gasteiger partial charge on any atom is 0.337 e. The fourth-order valence-electron chi connectivity index (χ4n) is 2.36. The number of benzene rings is 2. The number of carbonyl (C=O) groups excluding carboxylic acids is 2. The number of likely N-dealkylation sites (N-methyl/N-ethyl adjacent to an activating group) is 1. The van der Waals surface area contributed by atoms with Gasteiger partial charge in [-0.05, 0) is 29.8 Å². The minimum atomic E-state index is -0.372. The minimum absolute atomic E-state index is 0.0285.